The van der Waals surface area contributed by atoms with Crippen molar-refractivity contribution in [1.29, 1.82) is 5.41 Å². The van der Waals surface area contributed by atoms with Crippen LogP contribution in [0.25, 0.3) is 0 Å². The molecule has 0 aliphatic rings. The van der Waals surface area contributed by atoms with Gasteiger partial charge >= 0.3 is 0 Å². The third-order valence-corrected chi connectivity index (χ3v) is 2.15. The molecule has 0 spiro atoms. The minimum absolute atomic E-state index is 0.192. The summed E-state index contributed by atoms with van der Waals surface area (Å²) in [6.07, 6.45) is 0.957. The van der Waals surface area contributed by atoms with E-state index in [1.165, 1.54) is 17.3 Å². The molecule has 0 fully saturated rings. The van der Waals surface area contributed by atoms with E-state index in [-0.39, 0.29) is 5.17 Å². The van der Waals surface area contributed by atoms with Gasteiger partial charge in [-0.05, 0) is 18.1 Å². The number of amidine groups is 1. The summed E-state index contributed by atoms with van der Waals surface area (Å²) in [5.74, 6) is 0.874. The van der Waals surface area contributed by atoms with Crippen LogP contribution in [-0.2, 0) is 6.42 Å². The first-order valence-corrected chi connectivity index (χ1v) is 4.69. The molecule has 1 aromatic carbocycles. The number of aryl methyl sites for hydroxylation is 1. The van der Waals surface area contributed by atoms with Gasteiger partial charge in [0.1, 0.15) is 0 Å². The second kappa shape index (κ2) is 4.83. The second-order valence-corrected chi connectivity index (χ2v) is 3.51. The number of nitrogens with two attached hydrogens (primary N) is 1. The highest BCUT2D eigenvalue weighted by molar-refractivity contribution is 8.13. The van der Waals surface area contributed by atoms with Crippen LogP contribution in [0.1, 0.15) is 5.56 Å². The summed E-state index contributed by atoms with van der Waals surface area (Å²) in [6, 6.07) is 10.8. The Kier molecular flexibility index (Phi) is 3.67. The van der Waals surface area contributed by atoms with Crippen LogP contribution in [0.4, 0.5) is 0 Å². The SMILES string of the molecule is N=C(N)SCCc1cc[c]cc1. The van der Waals surface area contributed by atoms with E-state index in [2.05, 4.69) is 6.07 Å². The molecule has 0 atom stereocenters. The summed E-state index contributed by atoms with van der Waals surface area (Å²) >= 11 is 1.38. The van der Waals surface area contributed by atoms with Crippen LogP contribution in [0.5, 0.6) is 0 Å². The molecule has 0 amide bonds. The highest BCUT2D eigenvalue weighted by Gasteiger charge is 1.93. The van der Waals surface area contributed by atoms with Gasteiger partial charge < -0.3 is 5.73 Å². The molecule has 1 radical (unpaired) electrons. The zero-order valence-corrected chi connectivity index (χ0v) is 7.53. The Balaban J connectivity index is 2.29. The smallest absolute Gasteiger partial charge is 0.151 e. The number of benzene rings is 1. The molecule has 0 aliphatic heterocycles. The maximum absolute atomic E-state index is 6.99. The summed E-state index contributed by atoms with van der Waals surface area (Å²) in [5.41, 5.74) is 6.46. The molecule has 0 aromatic heterocycles. The Morgan fingerprint density at radius 3 is 2.75 bits per heavy atom. The predicted molar refractivity (Wildman–Crippen MR) is 53.4 cm³/mol. The lowest BCUT2D eigenvalue weighted by molar-refractivity contribution is 1.16. The number of thioether (sulfide) groups is 1. The molecule has 0 heterocycles. The molecule has 3 N–H and O–H groups in total. The third kappa shape index (κ3) is 3.44. The summed E-state index contributed by atoms with van der Waals surface area (Å²) in [7, 11) is 0. The standard InChI is InChI=1S/C9H11N2S/c10-9(11)12-7-6-8-4-2-1-3-5-8/h2-5H,6-7H2,(H3,10,11). The molecule has 3 heteroatoms. The maximum Gasteiger partial charge on any atom is 0.151 e. The van der Waals surface area contributed by atoms with Crippen molar-refractivity contribution in [1.82, 2.24) is 0 Å². The van der Waals surface area contributed by atoms with Crippen LogP contribution >= 0.6 is 11.8 Å². The molecular formula is C9H11N2S. The van der Waals surface area contributed by atoms with Crippen molar-refractivity contribution in [3.8, 4) is 0 Å². The Labute approximate surface area is 76.7 Å². The monoisotopic (exact) mass is 179 g/mol. The molecule has 2 nitrogen and oxygen atoms in total. The van der Waals surface area contributed by atoms with Crippen LogP contribution < -0.4 is 5.73 Å². The lowest BCUT2D eigenvalue weighted by Crippen LogP contribution is -2.05. The van der Waals surface area contributed by atoms with E-state index in [1.807, 2.05) is 24.3 Å². The van der Waals surface area contributed by atoms with E-state index in [1.54, 1.807) is 0 Å². The van der Waals surface area contributed by atoms with Crippen molar-refractivity contribution in [3.63, 3.8) is 0 Å². The van der Waals surface area contributed by atoms with Gasteiger partial charge in [0.05, 0.1) is 0 Å². The van der Waals surface area contributed by atoms with Crippen molar-refractivity contribution >= 4 is 16.9 Å². The molecule has 0 aliphatic carbocycles. The van der Waals surface area contributed by atoms with E-state index >= 15 is 0 Å². The minimum Gasteiger partial charge on any atom is -0.379 e. The van der Waals surface area contributed by atoms with Gasteiger partial charge in [0.2, 0.25) is 0 Å². The Morgan fingerprint density at radius 1 is 1.50 bits per heavy atom. The summed E-state index contributed by atoms with van der Waals surface area (Å²) in [5, 5.41) is 7.19. The highest BCUT2D eigenvalue weighted by Crippen LogP contribution is 2.05. The van der Waals surface area contributed by atoms with Gasteiger partial charge in [0.25, 0.3) is 0 Å². The minimum atomic E-state index is 0.192. The summed E-state index contributed by atoms with van der Waals surface area (Å²) in [4.78, 5) is 0. The normalized spacial score (nSPS) is 9.67. The van der Waals surface area contributed by atoms with Crippen molar-refractivity contribution in [3.05, 3.63) is 35.9 Å². The molecule has 12 heavy (non-hydrogen) atoms. The zero-order chi connectivity index (χ0) is 8.81. The Hall–Kier alpha value is -0.960. The second-order valence-electron chi connectivity index (χ2n) is 2.37. The van der Waals surface area contributed by atoms with Crippen LogP contribution in [0.15, 0.2) is 24.3 Å². The van der Waals surface area contributed by atoms with Gasteiger partial charge in [-0.1, -0.05) is 36.0 Å². The molecule has 63 valence electrons. The fraction of sp³-hybridized carbons (Fsp3) is 0.222. The summed E-state index contributed by atoms with van der Waals surface area (Å²) < 4.78 is 0. The molecule has 0 bridgehead atoms. The van der Waals surface area contributed by atoms with Gasteiger partial charge in [-0.25, -0.2) is 0 Å². The number of nitrogens with one attached hydrogen (secondary N) is 1. The fourth-order valence-electron chi connectivity index (χ4n) is 0.867. The largest absolute Gasteiger partial charge is 0.379 e. The average molecular weight is 179 g/mol. The van der Waals surface area contributed by atoms with E-state index in [0.29, 0.717) is 0 Å². The van der Waals surface area contributed by atoms with Crippen LogP contribution in [0, 0.1) is 11.5 Å². The first kappa shape index (κ1) is 9.13. The van der Waals surface area contributed by atoms with Crippen LogP contribution in [-0.4, -0.2) is 10.9 Å². The molecule has 1 rings (SSSR count). The first-order valence-electron chi connectivity index (χ1n) is 3.71. The molecular weight excluding hydrogens is 168 g/mol. The topological polar surface area (TPSA) is 49.9 Å². The average Bonchev–Trinajstić information content (AvgIpc) is 2.05. The van der Waals surface area contributed by atoms with Gasteiger partial charge in [-0.2, -0.15) is 0 Å². The maximum atomic E-state index is 6.99. The van der Waals surface area contributed by atoms with E-state index in [4.69, 9.17) is 11.1 Å². The predicted octanol–water partition coefficient (Wildman–Crippen LogP) is 1.66. The Morgan fingerprint density at radius 2 is 2.17 bits per heavy atom. The molecule has 0 unspecified atom stereocenters. The van der Waals surface area contributed by atoms with Gasteiger partial charge in [0, 0.05) is 5.75 Å². The first-order chi connectivity index (χ1) is 5.79. The lowest BCUT2D eigenvalue weighted by Gasteiger charge is -1.98. The molecule has 0 saturated carbocycles. The summed E-state index contributed by atoms with van der Waals surface area (Å²) in [6.45, 7) is 0. The van der Waals surface area contributed by atoms with Crippen molar-refractivity contribution in [2.45, 2.75) is 6.42 Å². The molecule has 1 aromatic rings. The van der Waals surface area contributed by atoms with Crippen molar-refractivity contribution in [2.75, 3.05) is 5.75 Å². The number of rotatable bonds is 3. The van der Waals surface area contributed by atoms with E-state index in [0.717, 1.165) is 12.2 Å². The lowest BCUT2D eigenvalue weighted by atomic mass is 10.2. The fourth-order valence-corrected chi connectivity index (χ4v) is 1.42. The highest BCUT2D eigenvalue weighted by atomic mass is 32.2. The van der Waals surface area contributed by atoms with Gasteiger partial charge in [-0.3, -0.25) is 5.41 Å². The van der Waals surface area contributed by atoms with Crippen LogP contribution in [0.2, 0.25) is 0 Å². The zero-order valence-electron chi connectivity index (χ0n) is 6.71. The van der Waals surface area contributed by atoms with Crippen LogP contribution in [0.3, 0.4) is 0 Å². The van der Waals surface area contributed by atoms with E-state index < -0.39 is 0 Å². The number of hydrogen-bond acceptors (Lipinski definition) is 2. The van der Waals surface area contributed by atoms with Crippen molar-refractivity contribution in [2.24, 2.45) is 5.73 Å². The van der Waals surface area contributed by atoms with Gasteiger partial charge in [-0.15, -0.1) is 0 Å². The third-order valence-electron chi connectivity index (χ3n) is 1.44. The van der Waals surface area contributed by atoms with Gasteiger partial charge in [0.15, 0.2) is 5.17 Å². The number of hydrogen-bond donors (Lipinski definition) is 2. The van der Waals surface area contributed by atoms with Crippen molar-refractivity contribution < 1.29 is 0 Å². The quantitative estimate of drug-likeness (QED) is 0.547. The molecule has 0 saturated heterocycles. The Bertz CT molecular complexity index is 246. The van der Waals surface area contributed by atoms with E-state index in [9.17, 15) is 0 Å².